The van der Waals surface area contributed by atoms with E-state index in [-0.39, 0.29) is 17.8 Å². The van der Waals surface area contributed by atoms with Gasteiger partial charge in [0.15, 0.2) is 0 Å². The van der Waals surface area contributed by atoms with E-state index in [1.54, 1.807) is 0 Å². The molecule has 0 saturated carbocycles. The Hall–Kier alpha value is -1.02. The second-order valence-electron chi connectivity index (χ2n) is 7.15. The zero-order chi connectivity index (χ0) is 16.9. The molecule has 1 N–H and O–H groups in total. The first-order valence-corrected chi connectivity index (χ1v) is 8.85. The molecule has 2 aromatic rings. The maximum Gasteiger partial charge on any atom is 0.0438 e. The molecule has 1 nitrogen and oxygen atoms in total. The molecule has 3 heteroatoms. The number of halogens is 2. The van der Waals surface area contributed by atoms with Crippen LogP contribution in [0.4, 0.5) is 0 Å². The predicted octanol–water partition coefficient (Wildman–Crippen LogP) is 5.95. The van der Waals surface area contributed by atoms with Crippen molar-refractivity contribution in [2.45, 2.75) is 52.5 Å². The van der Waals surface area contributed by atoms with Crippen LogP contribution in [0.1, 0.15) is 49.9 Å². The molecule has 0 aliphatic heterocycles. The first-order chi connectivity index (χ1) is 10.9. The molecule has 0 amide bonds. The largest absolute Gasteiger partial charge is 0.312 e. The second-order valence-corrected chi connectivity index (χ2v) is 7.56. The topological polar surface area (TPSA) is 12.0 Å². The van der Waals surface area contributed by atoms with E-state index in [9.17, 15) is 0 Å². The minimum atomic E-state index is 0. The van der Waals surface area contributed by atoms with Crippen LogP contribution in [0.25, 0.3) is 0 Å². The van der Waals surface area contributed by atoms with E-state index >= 15 is 0 Å². The Balaban J connectivity index is 0.00000288. The summed E-state index contributed by atoms with van der Waals surface area (Å²) in [5.74, 6) is 0. The summed E-state index contributed by atoms with van der Waals surface area (Å²) in [6.45, 7) is 10.8. The van der Waals surface area contributed by atoms with E-state index in [0.29, 0.717) is 0 Å². The summed E-state index contributed by atoms with van der Waals surface area (Å²) in [5.41, 5.74) is 5.53. The van der Waals surface area contributed by atoms with Gasteiger partial charge in [0.2, 0.25) is 0 Å². The summed E-state index contributed by atoms with van der Waals surface area (Å²) in [4.78, 5) is 0. The van der Waals surface area contributed by atoms with Gasteiger partial charge < -0.3 is 5.32 Å². The Kier molecular flexibility index (Phi) is 8.29. The monoisotopic (exact) mass is 365 g/mol. The molecule has 0 saturated heterocycles. The Bertz CT molecular complexity index is 627. The number of aryl methyl sites for hydroxylation is 1. The van der Waals surface area contributed by atoms with E-state index in [2.05, 4.69) is 69.4 Å². The summed E-state index contributed by atoms with van der Waals surface area (Å²) in [6.07, 6.45) is 2.02. The summed E-state index contributed by atoms with van der Waals surface area (Å²) in [5, 5.41) is 4.41. The lowest BCUT2D eigenvalue weighted by Crippen LogP contribution is -2.17. The third-order valence-electron chi connectivity index (χ3n) is 4.23. The van der Waals surface area contributed by atoms with Gasteiger partial charge in [-0.05, 0) is 53.1 Å². The normalized spacial score (nSPS) is 11.2. The third-order valence-corrected chi connectivity index (χ3v) is 4.60. The van der Waals surface area contributed by atoms with Gasteiger partial charge in [0.25, 0.3) is 0 Å². The van der Waals surface area contributed by atoms with E-state index in [1.165, 1.54) is 22.3 Å². The number of benzene rings is 2. The van der Waals surface area contributed by atoms with E-state index in [1.807, 2.05) is 6.07 Å². The summed E-state index contributed by atoms with van der Waals surface area (Å²) in [7, 11) is 0. The quantitative estimate of drug-likeness (QED) is 0.623. The molecule has 0 aromatic heterocycles. The van der Waals surface area contributed by atoms with Gasteiger partial charge in [-0.3, -0.25) is 0 Å². The second kappa shape index (κ2) is 9.46. The Morgan fingerprint density at radius 3 is 2.17 bits per heavy atom. The highest BCUT2D eigenvalue weighted by atomic mass is 35.5. The number of hydrogen-bond acceptors (Lipinski definition) is 1. The molecular formula is C21H29Cl2N. The molecule has 0 radical (unpaired) electrons. The molecular weight excluding hydrogens is 337 g/mol. The van der Waals surface area contributed by atoms with Crippen molar-refractivity contribution in [2.24, 2.45) is 0 Å². The van der Waals surface area contributed by atoms with E-state index < -0.39 is 0 Å². The highest BCUT2D eigenvalue weighted by Gasteiger charge is 2.12. The zero-order valence-corrected chi connectivity index (χ0v) is 16.7. The molecule has 0 fully saturated rings. The Morgan fingerprint density at radius 1 is 0.958 bits per heavy atom. The molecule has 0 atom stereocenters. The maximum absolute atomic E-state index is 6.17. The van der Waals surface area contributed by atoms with Gasteiger partial charge in [0.05, 0.1) is 0 Å². The summed E-state index contributed by atoms with van der Waals surface area (Å²) in [6, 6.07) is 15.3. The van der Waals surface area contributed by atoms with Crippen LogP contribution in [0.3, 0.4) is 0 Å². The molecule has 0 unspecified atom stereocenters. The smallest absolute Gasteiger partial charge is 0.0438 e. The molecule has 24 heavy (non-hydrogen) atoms. The maximum atomic E-state index is 6.17. The van der Waals surface area contributed by atoms with Crippen molar-refractivity contribution < 1.29 is 0 Å². The first kappa shape index (κ1) is 21.0. The van der Waals surface area contributed by atoms with E-state index in [0.717, 1.165) is 31.0 Å². The van der Waals surface area contributed by atoms with Crippen LogP contribution in [-0.4, -0.2) is 6.54 Å². The van der Waals surface area contributed by atoms with Gasteiger partial charge in [0.1, 0.15) is 0 Å². The zero-order valence-electron chi connectivity index (χ0n) is 15.2. The van der Waals surface area contributed by atoms with Gasteiger partial charge in [-0.2, -0.15) is 0 Å². The van der Waals surface area contributed by atoms with Crippen molar-refractivity contribution in [1.29, 1.82) is 0 Å². The van der Waals surface area contributed by atoms with Crippen molar-refractivity contribution in [1.82, 2.24) is 5.32 Å². The number of nitrogens with one attached hydrogen (secondary N) is 1. The van der Waals surface area contributed by atoms with Gasteiger partial charge in [-0.1, -0.05) is 75.7 Å². The first-order valence-electron chi connectivity index (χ1n) is 8.47. The molecule has 132 valence electrons. The van der Waals surface area contributed by atoms with Crippen LogP contribution >= 0.6 is 24.0 Å². The summed E-state index contributed by atoms with van der Waals surface area (Å²) < 4.78 is 0. The minimum Gasteiger partial charge on any atom is -0.312 e. The SMILES string of the molecule is CCc1cc(CCNCc2ccc(C(C)(C)C)cc2)ccc1Cl.Cl. The van der Waals surface area contributed by atoms with Crippen molar-refractivity contribution >= 4 is 24.0 Å². The molecule has 2 rings (SSSR count). The lowest BCUT2D eigenvalue weighted by atomic mass is 9.87. The average Bonchev–Trinajstić information content (AvgIpc) is 2.52. The number of hydrogen-bond donors (Lipinski definition) is 1. The van der Waals surface area contributed by atoms with E-state index in [4.69, 9.17) is 11.6 Å². The van der Waals surface area contributed by atoms with Crippen LogP contribution in [-0.2, 0) is 24.8 Å². The molecule has 0 spiro atoms. The Morgan fingerprint density at radius 2 is 1.58 bits per heavy atom. The van der Waals surface area contributed by atoms with Gasteiger partial charge in [-0.15, -0.1) is 12.4 Å². The van der Waals surface area contributed by atoms with Crippen LogP contribution < -0.4 is 5.32 Å². The van der Waals surface area contributed by atoms with Crippen LogP contribution in [0.15, 0.2) is 42.5 Å². The molecule has 2 aromatic carbocycles. The lowest BCUT2D eigenvalue weighted by Gasteiger charge is -2.19. The molecule has 0 aliphatic rings. The minimum absolute atomic E-state index is 0. The molecule has 0 aliphatic carbocycles. The van der Waals surface area contributed by atoms with Gasteiger partial charge in [-0.25, -0.2) is 0 Å². The fraction of sp³-hybridized carbons (Fsp3) is 0.429. The third kappa shape index (κ3) is 6.12. The van der Waals surface area contributed by atoms with Gasteiger partial charge in [0, 0.05) is 11.6 Å². The Labute approximate surface area is 158 Å². The van der Waals surface area contributed by atoms with Crippen LogP contribution in [0.5, 0.6) is 0 Å². The molecule has 0 bridgehead atoms. The van der Waals surface area contributed by atoms with Crippen molar-refractivity contribution in [3.05, 3.63) is 69.7 Å². The van der Waals surface area contributed by atoms with Crippen LogP contribution in [0.2, 0.25) is 5.02 Å². The fourth-order valence-electron chi connectivity index (χ4n) is 2.64. The lowest BCUT2D eigenvalue weighted by molar-refractivity contribution is 0.589. The highest BCUT2D eigenvalue weighted by molar-refractivity contribution is 6.31. The number of rotatable bonds is 6. The predicted molar refractivity (Wildman–Crippen MR) is 109 cm³/mol. The van der Waals surface area contributed by atoms with Gasteiger partial charge >= 0.3 is 0 Å². The van der Waals surface area contributed by atoms with Crippen molar-refractivity contribution in [3.63, 3.8) is 0 Å². The standard InChI is InChI=1S/C21H28ClN.ClH/c1-5-18-14-16(8-11-20(18)22)12-13-23-15-17-6-9-19(10-7-17)21(2,3)4;/h6-11,14,23H,5,12-13,15H2,1-4H3;1H. The van der Waals surface area contributed by atoms with Crippen molar-refractivity contribution in [2.75, 3.05) is 6.54 Å². The highest BCUT2D eigenvalue weighted by Crippen LogP contribution is 2.22. The molecule has 0 heterocycles. The average molecular weight is 366 g/mol. The van der Waals surface area contributed by atoms with Crippen LogP contribution in [0, 0.1) is 0 Å². The summed E-state index contributed by atoms with van der Waals surface area (Å²) >= 11 is 6.17. The fourth-order valence-corrected chi connectivity index (χ4v) is 2.89. The van der Waals surface area contributed by atoms with Crippen molar-refractivity contribution in [3.8, 4) is 0 Å².